The predicted molar refractivity (Wildman–Crippen MR) is 74.2 cm³/mol. The Morgan fingerprint density at radius 1 is 1.50 bits per heavy atom. The number of carbonyl (C=O) groups excluding carboxylic acids is 1. The molecule has 3 N–H and O–H groups in total. The highest BCUT2D eigenvalue weighted by Gasteiger charge is 2.21. The number of aryl methyl sites for hydroxylation is 1. The van der Waals surface area contributed by atoms with Crippen LogP contribution in [0.2, 0.25) is 0 Å². The molecule has 5 heteroatoms. The Hall–Kier alpha value is -0.910. The van der Waals surface area contributed by atoms with Gasteiger partial charge in [0.15, 0.2) is 0 Å². The Labute approximate surface area is 112 Å². The highest BCUT2D eigenvalue weighted by Crippen LogP contribution is 2.37. The van der Waals surface area contributed by atoms with Crippen LogP contribution in [0.3, 0.4) is 0 Å². The van der Waals surface area contributed by atoms with E-state index in [2.05, 4.69) is 12.2 Å². The molecule has 18 heavy (non-hydrogen) atoms. The first kappa shape index (κ1) is 13.5. The maximum absolute atomic E-state index is 11.9. The zero-order valence-electron chi connectivity index (χ0n) is 10.9. The Morgan fingerprint density at radius 3 is 2.89 bits per heavy atom. The number of carbonyl (C=O) groups is 1. The van der Waals surface area contributed by atoms with Gasteiger partial charge in [-0.1, -0.05) is 0 Å². The van der Waals surface area contributed by atoms with Crippen LogP contribution < -0.4 is 11.1 Å². The first-order chi connectivity index (χ1) is 8.63. The van der Waals surface area contributed by atoms with Crippen LogP contribution in [0.4, 0.5) is 5.00 Å². The van der Waals surface area contributed by atoms with Crippen molar-refractivity contribution >= 4 is 22.2 Å². The number of nitrogens with two attached hydrogens (primary N) is 1. The fourth-order valence-corrected chi connectivity index (χ4v) is 3.60. The number of ether oxygens (including phenoxy) is 1. The third-order valence-electron chi connectivity index (χ3n) is 3.36. The molecule has 1 amide bonds. The van der Waals surface area contributed by atoms with Crippen LogP contribution in [0.25, 0.3) is 0 Å². The number of nitrogens with one attached hydrogen (secondary N) is 1. The molecule has 100 valence electrons. The summed E-state index contributed by atoms with van der Waals surface area (Å²) in [4.78, 5) is 13.3. The van der Waals surface area contributed by atoms with Crippen LogP contribution in [0.1, 0.15) is 28.8 Å². The Bertz CT molecular complexity index is 442. The first-order valence-electron chi connectivity index (χ1n) is 6.30. The van der Waals surface area contributed by atoms with Crippen LogP contribution in [0.15, 0.2) is 0 Å². The van der Waals surface area contributed by atoms with Gasteiger partial charge in [0, 0.05) is 12.0 Å². The summed E-state index contributed by atoms with van der Waals surface area (Å²) in [5.41, 5.74) is 8.36. The molecule has 0 aromatic carbocycles. The molecule has 1 heterocycles. The van der Waals surface area contributed by atoms with E-state index in [1.807, 2.05) is 0 Å². The smallest absolute Gasteiger partial charge is 0.244 e. The largest absolute Gasteiger partial charge is 0.383 e. The Morgan fingerprint density at radius 2 is 2.22 bits per heavy atom. The normalized spacial score (nSPS) is 16.2. The van der Waals surface area contributed by atoms with E-state index in [4.69, 9.17) is 10.5 Å². The quantitative estimate of drug-likeness (QED) is 0.876. The molecule has 0 fully saturated rings. The van der Waals surface area contributed by atoms with Crippen molar-refractivity contribution in [1.82, 2.24) is 0 Å². The van der Waals surface area contributed by atoms with Gasteiger partial charge in [-0.05, 0) is 43.7 Å². The summed E-state index contributed by atoms with van der Waals surface area (Å²) in [6, 6.07) is -0.603. The molecule has 1 aromatic heterocycles. The summed E-state index contributed by atoms with van der Waals surface area (Å²) in [7, 11) is 1.54. The van der Waals surface area contributed by atoms with Gasteiger partial charge in [0.2, 0.25) is 5.91 Å². The molecule has 0 aliphatic heterocycles. The van der Waals surface area contributed by atoms with E-state index in [1.165, 1.54) is 28.8 Å². The number of fused-ring (bicyclic) bond motifs is 1. The van der Waals surface area contributed by atoms with Gasteiger partial charge >= 0.3 is 0 Å². The fourth-order valence-electron chi connectivity index (χ4n) is 2.30. The average molecular weight is 268 g/mol. The van der Waals surface area contributed by atoms with E-state index in [-0.39, 0.29) is 12.5 Å². The molecule has 1 aliphatic rings. The van der Waals surface area contributed by atoms with Gasteiger partial charge in [0.1, 0.15) is 6.04 Å². The Kier molecular flexibility index (Phi) is 4.37. The van der Waals surface area contributed by atoms with Crippen molar-refractivity contribution in [1.29, 1.82) is 0 Å². The van der Waals surface area contributed by atoms with E-state index in [1.54, 1.807) is 18.4 Å². The minimum absolute atomic E-state index is 0.168. The summed E-state index contributed by atoms with van der Waals surface area (Å²) in [6.07, 6.45) is 4.78. The van der Waals surface area contributed by atoms with Crippen molar-refractivity contribution in [2.45, 2.75) is 38.6 Å². The van der Waals surface area contributed by atoms with E-state index >= 15 is 0 Å². The zero-order valence-corrected chi connectivity index (χ0v) is 11.7. The molecule has 1 aromatic rings. The SMILES string of the molecule is COCC(N)C(=O)Nc1sc2c(c1C)CCCC2. The van der Waals surface area contributed by atoms with E-state index < -0.39 is 6.04 Å². The number of thiophene rings is 1. The third-order valence-corrected chi connectivity index (χ3v) is 4.66. The first-order valence-corrected chi connectivity index (χ1v) is 7.11. The summed E-state index contributed by atoms with van der Waals surface area (Å²) in [5.74, 6) is -0.168. The van der Waals surface area contributed by atoms with Gasteiger partial charge in [-0.3, -0.25) is 4.79 Å². The zero-order chi connectivity index (χ0) is 13.1. The lowest BCUT2D eigenvalue weighted by atomic mass is 9.96. The number of methoxy groups -OCH3 is 1. The maximum atomic E-state index is 11.9. The topological polar surface area (TPSA) is 64.3 Å². The standard InChI is InChI=1S/C13H20N2O2S/c1-8-9-5-3-4-6-11(9)18-13(8)15-12(16)10(14)7-17-2/h10H,3-7,14H2,1-2H3,(H,15,16). The van der Waals surface area contributed by atoms with Crippen molar-refractivity contribution in [3.8, 4) is 0 Å². The molecule has 0 bridgehead atoms. The molecule has 2 rings (SSSR count). The van der Waals surface area contributed by atoms with Gasteiger partial charge in [-0.25, -0.2) is 0 Å². The molecular weight excluding hydrogens is 248 g/mol. The van der Waals surface area contributed by atoms with E-state index in [0.29, 0.717) is 0 Å². The van der Waals surface area contributed by atoms with Crippen LogP contribution in [-0.2, 0) is 22.4 Å². The van der Waals surface area contributed by atoms with Crippen LogP contribution in [0.5, 0.6) is 0 Å². The van der Waals surface area contributed by atoms with E-state index in [0.717, 1.165) is 17.8 Å². The molecule has 0 spiro atoms. The maximum Gasteiger partial charge on any atom is 0.244 e. The number of amides is 1. The minimum atomic E-state index is -0.603. The van der Waals surface area contributed by atoms with Gasteiger partial charge in [-0.2, -0.15) is 0 Å². The summed E-state index contributed by atoms with van der Waals surface area (Å²) >= 11 is 1.70. The van der Waals surface area contributed by atoms with E-state index in [9.17, 15) is 4.79 Å². The molecule has 1 atom stereocenters. The van der Waals surface area contributed by atoms with Gasteiger partial charge in [-0.15, -0.1) is 11.3 Å². The number of hydrogen-bond donors (Lipinski definition) is 2. The fraction of sp³-hybridized carbons (Fsp3) is 0.615. The molecule has 4 nitrogen and oxygen atoms in total. The summed E-state index contributed by atoms with van der Waals surface area (Å²) in [5, 5.41) is 3.88. The molecular formula is C13H20N2O2S. The second-order valence-electron chi connectivity index (χ2n) is 4.72. The summed E-state index contributed by atoms with van der Waals surface area (Å²) in [6.45, 7) is 2.33. The Balaban J connectivity index is 2.10. The molecule has 0 saturated carbocycles. The molecule has 0 saturated heterocycles. The lowest BCUT2D eigenvalue weighted by molar-refractivity contribution is -0.118. The second kappa shape index (κ2) is 5.82. The lowest BCUT2D eigenvalue weighted by Gasteiger charge is -2.11. The predicted octanol–water partition coefficient (Wildman–Crippen LogP) is 1.85. The van der Waals surface area contributed by atoms with Crippen molar-refractivity contribution in [2.24, 2.45) is 5.73 Å². The third kappa shape index (κ3) is 2.74. The monoisotopic (exact) mass is 268 g/mol. The summed E-state index contributed by atoms with van der Waals surface area (Å²) < 4.78 is 4.89. The van der Waals surface area contributed by atoms with Crippen LogP contribution in [-0.4, -0.2) is 25.7 Å². The highest BCUT2D eigenvalue weighted by molar-refractivity contribution is 7.16. The number of rotatable bonds is 4. The minimum Gasteiger partial charge on any atom is -0.383 e. The van der Waals surface area contributed by atoms with Gasteiger partial charge in [0.25, 0.3) is 0 Å². The molecule has 1 aliphatic carbocycles. The van der Waals surface area contributed by atoms with Crippen LogP contribution >= 0.6 is 11.3 Å². The second-order valence-corrected chi connectivity index (χ2v) is 5.82. The van der Waals surface area contributed by atoms with Crippen molar-refractivity contribution in [2.75, 3.05) is 19.0 Å². The average Bonchev–Trinajstić information content (AvgIpc) is 2.67. The van der Waals surface area contributed by atoms with Crippen molar-refractivity contribution in [3.05, 3.63) is 16.0 Å². The van der Waals surface area contributed by atoms with Crippen molar-refractivity contribution < 1.29 is 9.53 Å². The van der Waals surface area contributed by atoms with Crippen LogP contribution in [0, 0.1) is 6.92 Å². The van der Waals surface area contributed by atoms with Crippen molar-refractivity contribution in [3.63, 3.8) is 0 Å². The molecule has 1 unspecified atom stereocenters. The van der Waals surface area contributed by atoms with Gasteiger partial charge < -0.3 is 15.8 Å². The highest BCUT2D eigenvalue weighted by atomic mass is 32.1. The lowest BCUT2D eigenvalue weighted by Crippen LogP contribution is -2.39. The van der Waals surface area contributed by atoms with Gasteiger partial charge in [0.05, 0.1) is 11.6 Å². The number of hydrogen-bond acceptors (Lipinski definition) is 4. The molecule has 0 radical (unpaired) electrons. The number of anilines is 1.